The molecule has 1 atom stereocenters. The van der Waals surface area contributed by atoms with Gasteiger partial charge in [0.25, 0.3) is 0 Å². The number of amides is 1. The van der Waals surface area contributed by atoms with Crippen LogP contribution in [-0.4, -0.2) is 35.7 Å². The number of furan rings is 1. The maximum atomic E-state index is 12.1. The molecule has 1 aliphatic rings. The van der Waals surface area contributed by atoms with E-state index in [1.54, 1.807) is 11.0 Å². The zero-order valence-electron chi connectivity index (χ0n) is 14.1. The van der Waals surface area contributed by atoms with Crippen LogP contribution in [0.25, 0.3) is 0 Å². The lowest BCUT2D eigenvalue weighted by molar-refractivity contribution is 0.0256. The number of hydrogen-bond donors (Lipinski definition) is 1. The molecule has 0 aromatic carbocycles. The predicted octanol–water partition coefficient (Wildman–Crippen LogP) is 3.03. The Hall–Kier alpha value is -2.00. The summed E-state index contributed by atoms with van der Waals surface area (Å²) in [5, 5.41) is 12.2. The van der Waals surface area contributed by atoms with Crippen LogP contribution in [0.4, 0.5) is 4.79 Å². The van der Waals surface area contributed by atoms with Gasteiger partial charge in [-0.15, -0.1) is 0 Å². The Balaban J connectivity index is 1.79. The van der Waals surface area contributed by atoms with E-state index in [-0.39, 0.29) is 6.09 Å². The molecule has 0 aliphatic carbocycles. The van der Waals surface area contributed by atoms with Crippen molar-refractivity contribution in [1.82, 2.24) is 10.2 Å². The molecule has 126 valence electrons. The minimum absolute atomic E-state index is 0.233. The average Bonchev–Trinajstić information content (AvgIpc) is 2.80. The fourth-order valence-corrected chi connectivity index (χ4v) is 2.59. The lowest BCUT2D eigenvalue weighted by Crippen LogP contribution is -2.38. The van der Waals surface area contributed by atoms with Gasteiger partial charge in [-0.1, -0.05) is 0 Å². The van der Waals surface area contributed by atoms with Gasteiger partial charge in [0.2, 0.25) is 5.76 Å². The van der Waals surface area contributed by atoms with Crippen molar-refractivity contribution in [3.63, 3.8) is 0 Å². The lowest BCUT2D eigenvalue weighted by atomic mass is 10.1. The Labute approximate surface area is 137 Å². The molecule has 2 rings (SSSR count). The van der Waals surface area contributed by atoms with Gasteiger partial charge < -0.3 is 19.4 Å². The van der Waals surface area contributed by atoms with Crippen molar-refractivity contribution < 1.29 is 13.9 Å². The van der Waals surface area contributed by atoms with Crippen molar-refractivity contribution in [2.45, 2.75) is 58.2 Å². The number of nitrogens with one attached hydrogen (secondary N) is 1. The minimum atomic E-state index is -0.460. The number of carbonyl (C=O) groups excluding carboxylic acids is 1. The molecule has 1 aromatic rings. The Morgan fingerprint density at radius 1 is 1.43 bits per heavy atom. The van der Waals surface area contributed by atoms with Crippen LogP contribution >= 0.6 is 0 Å². The molecule has 1 fully saturated rings. The van der Waals surface area contributed by atoms with Crippen LogP contribution in [-0.2, 0) is 11.3 Å². The molecule has 1 unspecified atom stereocenters. The van der Waals surface area contributed by atoms with E-state index in [0.717, 1.165) is 31.6 Å². The van der Waals surface area contributed by atoms with E-state index < -0.39 is 5.60 Å². The number of hydrogen-bond acceptors (Lipinski definition) is 5. The standard InChI is InChI=1S/C17H25N3O3/c1-17(2,3)23-16(21)20-9-4-5-13(8-10-20)19-12-15-7-6-14(11-18)22-15/h6-7,13,19H,4-5,8-10,12H2,1-3H3. The smallest absolute Gasteiger partial charge is 0.410 e. The summed E-state index contributed by atoms with van der Waals surface area (Å²) < 4.78 is 10.8. The molecule has 1 aliphatic heterocycles. The van der Waals surface area contributed by atoms with Crippen LogP contribution in [0.15, 0.2) is 16.5 Å². The van der Waals surface area contributed by atoms with Gasteiger partial charge in [0.15, 0.2) is 0 Å². The molecule has 0 bridgehead atoms. The topological polar surface area (TPSA) is 78.5 Å². The molecule has 23 heavy (non-hydrogen) atoms. The van der Waals surface area contributed by atoms with Crippen molar-refractivity contribution in [2.24, 2.45) is 0 Å². The molecule has 6 heteroatoms. The first-order valence-electron chi connectivity index (χ1n) is 8.07. The first-order valence-corrected chi connectivity index (χ1v) is 8.07. The summed E-state index contributed by atoms with van der Waals surface area (Å²) in [7, 11) is 0. The molecule has 2 heterocycles. The fourth-order valence-electron chi connectivity index (χ4n) is 2.59. The van der Waals surface area contributed by atoms with Gasteiger partial charge in [-0.25, -0.2) is 4.79 Å². The maximum absolute atomic E-state index is 12.1. The zero-order chi connectivity index (χ0) is 16.9. The van der Waals surface area contributed by atoms with Crippen LogP contribution in [0.2, 0.25) is 0 Å². The second kappa shape index (κ2) is 7.51. The number of rotatable bonds is 3. The first kappa shape index (κ1) is 17.4. The van der Waals surface area contributed by atoms with E-state index in [4.69, 9.17) is 14.4 Å². The highest BCUT2D eigenvalue weighted by Crippen LogP contribution is 2.16. The van der Waals surface area contributed by atoms with Gasteiger partial charge in [-0.3, -0.25) is 0 Å². The molecule has 0 saturated carbocycles. The normalized spacial score (nSPS) is 19.0. The summed E-state index contributed by atoms with van der Waals surface area (Å²) in [4.78, 5) is 13.9. The van der Waals surface area contributed by atoms with Crippen LogP contribution in [0.3, 0.4) is 0 Å². The third-order valence-corrected chi connectivity index (χ3v) is 3.72. The number of carbonyl (C=O) groups is 1. The summed E-state index contributed by atoms with van der Waals surface area (Å²) in [5.74, 6) is 1.09. The predicted molar refractivity (Wildman–Crippen MR) is 85.7 cm³/mol. The Kier molecular flexibility index (Phi) is 5.67. The fraction of sp³-hybridized carbons (Fsp3) is 0.647. The van der Waals surface area contributed by atoms with Crippen molar-refractivity contribution in [2.75, 3.05) is 13.1 Å². The number of nitriles is 1. The second-order valence-corrected chi connectivity index (χ2v) is 6.85. The molecule has 0 radical (unpaired) electrons. The second-order valence-electron chi connectivity index (χ2n) is 6.85. The van der Waals surface area contributed by atoms with Gasteiger partial charge in [-0.2, -0.15) is 5.26 Å². The van der Waals surface area contributed by atoms with Crippen molar-refractivity contribution in [1.29, 1.82) is 5.26 Å². The van der Waals surface area contributed by atoms with Gasteiger partial charge in [0, 0.05) is 19.1 Å². The van der Waals surface area contributed by atoms with Gasteiger partial charge in [0.05, 0.1) is 6.54 Å². The molecular weight excluding hydrogens is 294 g/mol. The van der Waals surface area contributed by atoms with Crippen LogP contribution in [0, 0.1) is 11.3 Å². The van der Waals surface area contributed by atoms with Crippen LogP contribution in [0.5, 0.6) is 0 Å². The average molecular weight is 319 g/mol. The molecule has 0 spiro atoms. The molecule has 1 amide bonds. The molecular formula is C17H25N3O3. The van der Waals surface area contributed by atoms with Crippen molar-refractivity contribution in [3.8, 4) is 6.07 Å². The molecule has 6 nitrogen and oxygen atoms in total. The summed E-state index contributed by atoms with van der Waals surface area (Å²) in [6.07, 6.45) is 2.59. The largest absolute Gasteiger partial charge is 0.449 e. The number of nitrogens with zero attached hydrogens (tertiary/aromatic N) is 2. The van der Waals surface area contributed by atoms with E-state index in [2.05, 4.69) is 5.32 Å². The van der Waals surface area contributed by atoms with Crippen LogP contribution in [0.1, 0.15) is 51.6 Å². The van der Waals surface area contributed by atoms with Gasteiger partial charge in [0.1, 0.15) is 17.4 Å². The summed E-state index contributed by atoms with van der Waals surface area (Å²) >= 11 is 0. The summed E-state index contributed by atoms with van der Waals surface area (Å²) in [6, 6.07) is 5.80. The first-order chi connectivity index (χ1) is 10.9. The van der Waals surface area contributed by atoms with E-state index in [0.29, 0.717) is 24.9 Å². The highest BCUT2D eigenvalue weighted by molar-refractivity contribution is 5.68. The minimum Gasteiger partial charge on any atom is -0.449 e. The van der Waals surface area contributed by atoms with E-state index in [1.807, 2.05) is 32.9 Å². The van der Waals surface area contributed by atoms with E-state index in [9.17, 15) is 4.79 Å². The van der Waals surface area contributed by atoms with Crippen LogP contribution < -0.4 is 5.32 Å². The third kappa shape index (κ3) is 5.61. The number of likely N-dealkylation sites (tertiary alicyclic amines) is 1. The highest BCUT2D eigenvalue weighted by Gasteiger charge is 2.25. The lowest BCUT2D eigenvalue weighted by Gasteiger charge is -2.26. The van der Waals surface area contributed by atoms with Crippen molar-refractivity contribution >= 4 is 6.09 Å². The Bertz CT molecular complexity index is 568. The summed E-state index contributed by atoms with van der Waals surface area (Å²) in [6.45, 7) is 7.66. The zero-order valence-corrected chi connectivity index (χ0v) is 14.1. The Morgan fingerprint density at radius 3 is 2.87 bits per heavy atom. The van der Waals surface area contributed by atoms with Gasteiger partial charge >= 0.3 is 6.09 Å². The third-order valence-electron chi connectivity index (χ3n) is 3.72. The molecule has 1 saturated heterocycles. The quantitative estimate of drug-likeness (QED) is 0.926. The highest BCUT2D eigenvalue weighted by atomic mass is 16.6. The summed E-state index contributed by atoms with van der Waals surface area (Å²) in [5.41, 5.74) is -0.460. The van der Waals surface area contributed by atoms with E-state index >= 15 is 0 Å². The monoisotopic (exact) mass is 319 g/mol. The van der Waals surface area contributed by atoms with Crippen molar-refractivity contribution in [3.05, 3.63) is 23.7 Å². The van der Waals surface area contributed by atoms with Gasteiger partial charge in [-0.05, 0) is 52.2 Å². The van der Waals surface area contributed by atoms with E-state index in [1.165, 1.54) is 0 Å². The SMILES string of the molecule is CC(C)(C)OC(=O)N1CCCC(NCc2ccc(C#N)o2)CC1. The number of ether oxygens (including phenoxy) is 1. The Morgan fingerprint density at radius 2 is 2.22 bits per heavy atom. The molecule has 1 N–H and O–H groups in total. The molecule has 1 aromatic heterocycles. The maximum Gasteiger partial charge on any atom is 0.410 e.